The molecule has 1 aromatic rings. The second-order valence-electron chi connectivity index (χ2n) is 6.93. The smallest absolute Gasteiger partial charge is 0.237 e. The molecule has 1 aliphatic heterocycles. The molecule has 1 heterocycles. The number of nitrogens with zero attached hydrogens (tertiary/aromatic N) is 1. The summed E-state index contributed by atoms with van der Waals surface area (Å²) in [6.45, 7) is 5.79. The Kier molecular flexibility index (Phi) is 5.97. The molecule has 0 saturated heterocycles. The second kappa shape index (κ2) is 7.77. The van der Waals surface area contributed by atoms with Gasteiger partial charge in [-0.2, -0.15) is 0 Å². The predicted molar refractivity (Wildman–Crippen MR) is 93.8 cm³/mol. The van der Waals surface area contributed by atoms with E-state index >= 15 is 0 Å². The standard InChI is InChI=1S/C19H27FN2O2/c1-14(2)13-19(9-6-11-21-15(3)23)16-7-4-5-8-17(16)22(12-10-20)18(19)24/h4-5,7-8,14H,6,9-13H2,1-3H3,(H,21,23). The topological polar surface area (TPSA) is 49.4 Å². The maximum absolute atomic E-state index is 13.2. The number of carbonyl (C=O) groups excluding carboxylic acids is 2. The zero-order chi connectivity index (χ0) is 17.7. The van der Waals surface area contributed by atoms with Crippen LogP contribution in [-0.4, -0.2) is 31.6 Å². The van der Waals surface area contributed by atoms with Crippen molar-refractivity contribution in [3.05, 3.63) is 29.8 Å². The van der Waals surface area contributed by atoms with Crippen molar-refractivity contribution < 1.29 is 14.0 Å². The molecule has 0 radical (unpaired) electrons. The molecule has 0 saturated carbocycles. The van der Waals surface area contributed by atoms with Crippen LogP contribution in [0.2, 0.25) is 0 Å². The van der Waals surface area contributed by atoms with Gasteiger partial charge in [0.2, 0.25) is 11.8 Å². The summed E-state index contributed by atoms with van der Waals surface area (Å²) in [4.78, 5) is 25.9. The number of amides is 2. The van der Waals surface area contributed by atoms with Crippen LogP contribution in [0.1, 0.15) is 45.6 Å². The van der Waals surface area contributed by atoms with Crippen LogP contribution in [0.25, 0.3) is 0 Å². The Bertz CT molecular complexity index is 603. The average Bonchev–Trinajstić information content (AvgIpc) is 2.75. The Hall–Kier alpha value is -1.91. The van der Waals surface area contributed by atoms with Crippen LogP contribution in [0.3, 0.4) is 0 Å². The van der Waals surface area contributed by atoms with Crippen LogP contribution in [0.15, 0.2) is 24.3 Å². The van der Waals surface area contributed by atoms with Crippen LogP contribution in [0.5, 0.6) is 0 Å². The number of benzene rings is 1. The molecule has 24 heavy (non-hydrogen) atoms. The number of fused-ring (bicyclic) bond motifs is 1. The first-order chi connectivity index (χ1) is 11.4. The van der Waals surface area contributed by atoms with Crippen molar-refractivity contribution in [3.63, 3.8) is 0 Å². The highest BCUT2D eigenvalue weighted by atomic mass is 19.1. The van der Waals surface area contributed by atoms with Gasteiger partial charge in [-0.3, -0.25) is 9.59 Å². The number of hydrogen-bond acceptors (Lipinski definition) is 2. The Labute approximate surface area is 143 Å². The van der Waals surface area contributed by atoms with E-state index in [2.05, 4.69) is 19.2 Å². The molecule has 2 amide bonds. The highest BCUT2D eigenvalue weighted by molar-refractivity contribution is 6.08. The second-order valence-corrected chi connectivity index (χ2v) is 6.93. The number of alkyl halides is 1. The van der Waals surface area contributed by atoms with Gasteiger partial charge in [0.05, 0.1) is 12.0 Å². The quantitative estimate of drug-likeness (QED) is 0.742. The Balaban J connectivity index is 2.34. The van der Waals surface area contributed by atoms with E-state index in [0.717, 1.165) is 24.1 Å². The first-order valence-corrected chi connectivity index (χ1v) is 8.64. The number of halogens is 1. The van der Waals surface area contributed by atoms with E-state index < -0.39 is 12.1 Å². The molecule has 2 rings (SSSR count). The number of nitrogens with one attached hydrogen (secondary N) is 1. The zero-order valence-electron chi connectivity index (χ0n) is 14.8. The van der Waals surface area contributed by atoms with Crippen molar-refractivity contribution in [1.82, 2.24) is 5.32 Å². The number of para-hydroxylation sites is 1. The molecule has 1 aliphatic rings. The van der Waals surface area contributed by atoms with Crippen molar-refractivity contribution in [2.24, 2.45) is 5.92 Å². The minimum absolute atomic E-state index is 0.00197. The van der Waals surface area contributed by atoms with Gasteiger partial charge < -0.3 is 10.2 Å². The predicted octanol–water partition coefficient (Wildman–Crippen LogP) is 3.20. The lowest BCUT2D eigenvalue weighted by Crippen LogP contribution is -2.42. The largest absolute Gasteiger partial charge is 0.356 e. The highest BCUT2D eigenvalue weighted by Crippen LogP contribution is 2.48. The third-order valence-corrected chi connectivity index (χ3v) is 4.58. The van der Waals surface area contributed by atoms with Crippen molar-refractivity contribution in [2.75, 3.05) is 24.7 Å². The van der Waals surface area contributed by atoms with E-state index in [1.165, 1.54) is 6.92 Å². The minimum Gasteiger partial charge on any atom is -0.356 e. The van der Waals surface area contributed by atoms with Gasteiger partial charge in [-0.15, -0.1) is 0 Å². The van der Waals surface area contributed by atoms with Crippen molar-refractivity contribution in [1.29, 1.82) is 0 Å². The third-order valence-electron chi connectivity index (χ3n) is 4.58. The molecule has 132 valence electrons. The van der Waals surface area contributed by atoms with Gasteiger partial charge in [0.25, 0.3) is 0 Å². The summed E-state index contributed by atoms with van der Waals surface area (Å²) in [7, 11) is 0. The Morgan fingerprint density at radius 2 is 2.04 bits per heavy atom. The van der Waals surface area contributed by atoms with Crippen molar-refractivity contribution >= 4 is 17.5 Å². The lowest BCUT2D eigenvalue weighted by molar-refractivity contribution is -0.124. The van der Waals surface area contributed by atoms with Crippen LogP contribution < -0.4 is 10.2 Å². The SMILES string of the molecule is CC(=O)NCCCC1(CC(C)C)C(=O)N(CCF)c2ccccc21. The lowest BCUT2D eigenvalue weighted by atomic mass is 9.72. The fourth-order valence-electron chi connectivity index (χ4n) is 3.80. The van der Waals surface area contributed by atoms with Gasteiger partial charge in [-0.25, -0.2) is 4.39 Å². The van der Waals surface area contributed by atoms with Gasteiger partial charge in [0.1, 0.15) is 6.67 Å². The summed E-state index contributed by atoms with van der Waals surface area (Å²) in [5.41, 5.74) is 1.22. The number of hydrogen-bond donors (Lipinski definition) is 1. The van der Waals surface area contributed by atoms with Gasteiger partial charge >= 0.3 is 0 Å². The number of carbonyl (C=O) groups is 2. The van der Waals surface area contributed by atoms with E-state index in [4.69, 9.17) is 0 Å². The molecule has 0 aliphatic carbocycles. The van der Waals surface area contributed by atoms with Crippen LogP contribution in [0, 0.1) is 5.92 Å². The fraction of sp³-hybridized carbons (Fsp3) is 0.579. The summed E-state index contributed by atoms with van der Waals surface area (Å²) in [5, 5.41) is 2.79. The normalized spacial score (nSPS) is 19.7. The maximum atomic E-state index is 13.2. The molecule has 1 N–H and O–H groups in total. The van der Waals surface area contributed by atoms with E-state index in [0.29, 0.717) is 18.9 Å². The van der Waals surface area contributed by atoms with Crippen LogP contribution in [-0.2, 0) is 15.0 Å². The van der Waals surface area contributed by atoms with Gasteiger partial charge in [-0.1, -0.05) is 32.0 Å². The monoisotopic (exact) mass is 334 g/mol. The van der Waals surface area contributed by atoms with Crippen molar-refractivity contribution in [2.45, 2.75) is 45.4 Å². The van der Waals surface area contributed by atoms with Crippen LogP contribution >= 0.6 is 0 Å². The first kappa shape index (κ1) is 18.4. The summed E-state index contributed by atoms with van der Waals surface area (Å²) in [6.07, 6.45) is 2.10. The summed E-state index contributed by atoms with van der Waals surface area (Å²) >= 11 is 0. The molecular formula is C19H27FN2O2. The van der Waals surface area contributed by atoms with E-state index in [1.54, 1.807) is 4.90 Å². The number of rotatable bonds is 8. The molecular weight excluding hydrogens is 307 g/mol. The Morgan fingerprint density at radius 3 is 2.67 bits per heavy atom. The molecule has 0 fully saturated rings. The molecule has 1 aromatic carbocycles. The van der Waals surface area contributed by atoms with Gasteiger partial charge in [0, 0.05) is 19.2 Å². The van der Waals surface area contributed by atoms with E-state index in [1.807, 2.05) is 24.3 Å². The average molecular weight is 334 g/mol. The van der Waals surface area contributed by atoms with Gasteiger partial charge in [-0.05, 0) is 36.8 Å². The van der Waals surface area contributed by atoms with Crippen LogP contribution in [0.4, 0.5) is 10.1 Å². The van der Waals surface area contributed by atoms with E-state index in [-0.39, 0.29) is 18.4 Å². The summed E-state index contributed by atoms with van der Waals surface area (Å²) in [5.74, 6) is 0.274. The molecule has 0 bridgehead atoms. The third kappa shape index (κ3) is 3.60. The Morgan fingerprint density at radius 1 is 1.33 bits per heavy atom. The van der Waals surface area contributed by atoms with Gasteiger partial charge in [0.15, 0.2) is 0 Å². The van der Waals surface area contributed by atoms with Crippen molar-refractivity contribution in [3.8, 4) is 0 Å². The number of anilines is 1. The lowest BCUT2D eigenvalue weighted by Gasteiger charge is -2.30. The van der Waals surface area contributed by atoms with E-state index in [9.17, 15) is 14.0 Å². The first-order valence-electron chi connectivity index (χ1n) is 8.64. The molecule has 4 nitrogen and oxygen atoms in total. The molecule has 1 atom stereocenters. The molecule has 0 aromatic heterocycles. The zero-order valence-corrected chi connectivity index (χ0v) is 14.8. The summed E-state index contributed by atoms with van der Waals surface area (Å²) < 4.78 is 13.0. The molecule has 5 heteroatoms. The molecule has 1 unspecified atom stereocenters. The fourth-order valence-corrected chi connectivity index (χ4v) is 3.80. The minimum atomic E-state index is -0.613. The maximum Gasteiger partial charge on any atom is 0.237 e. The highest BCUT2D eigenvalue weighted by Gasteiger charge is 2.49. The summed E-state index contributed by atoms with van der Waals surface area (Å²) in [6, 6.07) is 7.72. The molecule has 0 spiro atoms.